The highest BCUT2D eigenvalue weighted by Crippen LogP contribution is 2.37. The summed E-state index contributed by atoms with van der Waals surface area (Å²) >= 11 is 1.09. The largest absolute Gasteiger partial charge is 0.416 e. The third-order valence-electron chi connectivity index (χ3n) is 3.95. The van der Waals surface area contributed by atoms with Crippen molar-refractivity contribution in [3.63, 3.8) is 0 Å². The zero-order valence-corrected chi connectivity index (χ0v) is 14.0. The average Bonchev–Trinajstić information content (AvgIpc) is 3.39. The molecular weight excluding hydrogens is 349 g/mol. The molecule has 25 heavy (non-hydrogen) atoms. The molecule has 0 aromatic heterocycles. The first-order valence-corrected chi connectivity index (χ1v) is 8.66. The summed E-state index contributed by atoms with van der Waals surface area (Å²) in [6.07, 6.45) is -3.15. The van der Waals surface area contributed by atoms with Gasteiger partial charge in [0.2, 0.25) is 0 Å². The number of halogens is 3. The van der Waals surface area contributed by atoms with Gasteiger partial charge in [-0.1, -0.05) is 30.0 Å². The van der Waals surface area contributed by atoms with Crippen LogP contribution in [0, 0.1) is 5.92 Å². The molecule has 0 radical (unpaired) electrons. The second-order valence-corrected chi connectivity index (χ2v) is 7.08. The molecule has 6 heteroatoms. The van der Waals surface area contributed by atoms with Crippen molar-refractivity contribution in [3.8, 4) is 0 Å². The van der Waals surface area contributed by atoms with Gasteiger partial charge in [-0.15, -0.1) is 0 Å². The van der Waals surface area contributed by atoms with Crippen molar-refractivity contribution in [2.24, 2.45) is 5.92 Å². The molecule has 0 saturated heterocycles. The normalized spacial score (nSPS) is 14.4. The zero-order chi connectivity index (χ0) is 18.0. The first kappa shape index (κ1) is 17.7. The molecule has 0 N–H and O–H groups in total. The third-order valence-corrected chi connectivity index (χ3v) is 5.01. The summed E-state index contributed by atoms with van der Waals surface area (Å²) in [5, 5.41) is 0. The summed E-state index contributed by atoms with van der Waals surface area (Å²) in [5.41, 5.74) is -0.646. The molecule has 0 bridgehead atoms. The van der Waals surface area contributed by atoms with E-state index in [9.17, 15) is 22.8 Å². The van der Waals surface area contributed by atoms with E-state index in [0.29, 0.717) is 0 Å². The molecule has 2 aromatic carbocycles. The van der Waals surface area contributed by atoms with Crippen LogP contribution in [-0.2, 0) is 11.0 Å². The molecule has 0 aliphatic heterocycles. The lowest BCUT2D eigenvalue weighted by atomic mass is 10.0. The van der Waals surface area contributed by atoms with Gasteiger partial charge in [-0.3, -0.25) is 9.59 Å². The van der Waals surface area contributed by atoms with Gasteiger partial charge in [-0.25, -0.2) is 0 Å². The fourth-order valence-corrected chi connectivity index (χ4v) is 3.46. The van der Waals surface area contributed by atoms with Crippen molar-refractivity contribution in [3.05, 3.63) is 59.7 Å². The second-order valence-electron chi connectivity index (χ2n) is 5.96. The molecule has 3 rings (SSSR count). The molecule has 1 aliphatic rings. The maximum Gasteiger partial charge on any atom is 0.416 e. The van der Waals surface area contributed by atoms with E-state index in [0.717, 1.165) is 41.6 Å². The number of benzene rings is 2. The van der Waals surface area contributed by atoms with Crippen molar-refractivity contribution >= 4 is 23.3 Å². The first-order chi connectivity index (χ1) is 11.8. The van der Waals surface area contributed by atoms with E-state index >= 15 is 0 Å². The van der Waals surface area contributed by atoms with Crippen LogP contribution in [-0.4, -0.2) is 11.6 Å². The van der Waals surface area contributed by atoms with Crippen LogP contribution in [0.2, 0.25) is 0 Å². The Labute approximate surface area is 147 Å². The van der Waals surface area contributed by atoms with Crippen molar-refractivity contribution in [2.75, 3.05) is 0 Å². The number of ketones is 2. The number of hydrogen-bond donors (Lipinski definition) is 0. The van der Waals surface area contributed by atoms with Crippen molar-refractivity contribution in [1.29, 1.82) is 0 Å². The second kappa shape index (κ2) is 7.04. The number of carbonyl (C=O) groups is 2. The van der Waals surface area contributed by atoms with E-state index < -0.39 is 17.5 Å². The van der Waals surface area contributed by atoms with Gasteiger partial charge in [0.05, 0.1) is 12.0 Å². The van der Waals surface area contributed by atoms with Crippen LogP contribution in [0.3, 0.4) is 0 Å². The summed E-state index contributed by atoms with van der Waals surface area (Å²) in [6.45, 7) is 0. The Balaban J connectivity index is 1.92. The first-order valence-electron chi connectivity index (χ1n) is 7.84. The smallest absolute Gasteiger partial charge is 0.299 e. The lowest BCUT2D eigenvalue weighted by molar-refractivity contribution is -0.137. The lowest BCUT2D eigenvalue weighted by Gasteiger charge is -2.13. The molecule has 0 unspecified atom stereocenters. The van der Waals surface area contributed by atoms with E-state index in [1.54, 1.807) is 30.3 Å². The summed E-state index contributed by atoms with van der Waals surface area (Å²) in [5.74, 6) is -0.603. The van der Waals surface area contributed by atoms with Gasteiger partial charge in [0.1, 0.15) is 5.78 Å². The number of carbonyl (C=O) groups excluding carboxylic acids is 2. The van der Waals surface area contributed by atoms with Crippen molar-refractivity contribution in [1.82, 2.24) is 0 Å². The Bertz CT molecular complexity index is 796. The Morgan fingerprint density at radius 2 is 1.72 bits per heavy atom. The molecule has 1 saturated carbocycles. The highest BCUT2D eigenvalue weighted by atomic mass is 32.2. The van der Waals surface area contributed by atoms with Gasteiger partial charge in [-0.2, -0.15) is 13.2 Å². The highest BCUT2D eigenvalue weighted by molar-refractivity contribution is 7.99. The van der Waals surface area contributed by atoms with Gasteiger partial charge in [0.15, 0.2) is 5.78 Å². The van der Waals surface area contributed by atoms with Crippen LogP contribution in [0.1, 0.15) is 35.2 Å². The summed E-state index contributed by atoms with van der Waals surface area (Å²) < 4.78 is 39.0. The minimum Gasteiger partial charge on any atom is -0.299 e. The number of rotatable bonds is 6. The number of Topliss-reactive ketones (excluding diaryl/α,β-unsaturated/α-hetero) is 2. The zero-order valence-electron chi connectivity index (χ0n) is 13.2. The summed E-state index contributed by atoms with van der Waals surface area (Å²) in [6, 6.07) is 11.9. The van der Waals surface area contributed by atoms with Gasteiger partial charge < -0.3 is 0 Å². The molecule has 2 nitrogen and oxygen atoms in total. The Kier molecular flexibility index (Phi) is 4.99. The predicted octanol–water partition coefficient (Wildman–Crippen LogP) is 5.41. The molecule has 1 aliphatic carbocycles. The average molecular weight is 364 g/mol. The molecule has 0 amide bonds. The summed E-state index contributed by atoms with van der Waals surface area (Å²) in [4.78, 5) is 25.3. The van der Waals surface area contributed by atoms with Crippen LogP contribution < -0.4 is 0 Å². The van der Waals surface area contributed by atoms with Gasteiger partial charge in [-0.05, 0) is 43.2 Å². The lowest BCUT2D eigenvalue weighted by Crippen LogP contribution is -2.12. The number of alkyl halides is 3. The Morgan fingerprint density at radius 3 is 2.32 bits per heavy atom. The molecule has 2 aromatic rings. The maximum absolute atomic E-state index is 13.0. The Hall–Kier alpha value is -2.08. The quantitative estimate of drug-likeness (QED) is 0.508. The van der Waals surface area contributed by atoms with Crippen LogP contribution in [0.4, 0.5) is 13.2 Å². The molecule has 0 heterocycles. The van der Waals surface area contributed by atoms with E-state index in [4.69, 9.17) is 0 Å². The van der Waals surface area contributed by atoms with Crippen molar-refractivity contribution < 1.29 is 22.8 Å². The minimum absolute atomic E-state index is 0.0522. The SMILES string of the molecule is O=C(CC(=O)C1CC1)c1ccc(C(F)(F)F)cc1Sc1ccccc1. The van der Waals surface area contributed by atoms with Crippen LogP contribution in [0.5, 0.6) is 0 Å². The molecule has 0 atom stereocenters. The van der Waals surface area contributed by atoms with Crippen LogP contribution in [0.15, 0.2) is 58.3 Å². The summed E-state index contributed by atoms with van der Waals surface area (Å²) in [7, 11) is 0. The molecular formula is C19H15F3O2S. The van der Waals surface area contributed by atoms with E-state index in [2.05, 4.69) is 0 Å². The maximum atomic E-state index is 13.0. The fourth-order valence-electron chi connectivity index (χ4n) is 2.43. The Morgan fingerprint density at radius 1 is 1.04 bits per heavy atom. The molecule has 0 spiro atoms. The third kappa shape index (κ3) is 4.51. The molecule has 130 valence electrons. The minimum atomic E-state index is -4.49. The fraction of sp³-hybridized carbons (Fsp3) is 0.263. The van der Waals surface area contributed by atoms with E-state index in [1.165, 1.54) is 6.07 Å². The highest BCUT2D eigenvalue weighted by Gasteiger charge is 2.33. The van der Waals surface area contributed by atoms with Crippen LogP contribution >= 0.6 is 11.8 Å². The number of hydrogen-bond acceptors (Lipinski definition) is 3. The topological polar surface area (TPSA) is 34.1 Å². The van der Waals surface area contributed by atoms with E-state index in [-0.39, 0.29) is 28.6 Å². The van der Waals surface area contributed by atoms with Gasteiger partial charge >= 0.3 is 6.18 Å². The van der Waals surface area contributed by atoms with Crippen molar-refractivity contribution in [2.45, 2.75) is 35.2 Å². The van der Waals surface area contributed by atoms with Gasteiger partial charge in [0, 0.05) is 21.3 Å². The monoisotopic (exact) mass is 364 g/mol. The van der Waals surface area contributed by atoms with Gasteiger partial charge in [0.25, 0.3) is 0 Å². The van der Waals surface area contributed by atoms with Crippen LogP contribution in [0.25, 0.3) is 0 Å². The molecule has 1 fully saturated rings. The standard InChI is InChI=1S/C19H15F3O2S/c20-19(21,22)13-8-9-15(17(24)11-16(23)12-6-7-12)18(10-13)25-14-4-2-1-3-5-14/h1-5,8-10,12H,6-7,11H2. The predicted molar refractivity (Wildman–Crippen MR) is 88.7 cm³/mol. The van der Waals surface area contributed by atoms with E-state index in [1.807, 2.05) is 0 Å².